The molecule has 3 aromatic carbocycles. The van der Waals surface area contributed by atoms with Crippen molar-refractivity contribution in [2.24, 2.45) is 11.8 Å². The van der Waals surface area contributed by atoms with Gasteiger partial charge in [-0.3, -0.25) is 0 Å². The molecule has 2 bridgehead atoms. The van der Waals surface area contributed by atoms with E-state index in [-0.39, 0.29) is 16.1 Å². The summed E-state index contributed by atoms with van der Waals surface area (Å²) in [6.45, 7) is 56.4. The standard InChI is InChI=1S/C48H78N2P2Si7/c1-53(2,3)45(54(4,5)6)37-30-34(48(57(13,14)15,58(16,17)18)59(19,20)21)31-38(46(55(7,8)9)56(10,11)12)44(37)51-52-47-40-28-24-22-26-35(40)43(39(32-49)42(47)33-50)36-27-23-25-29-41(36)47/h22-31,39,42-43,45-46H,1-21H3/t39-,42-,43?,47?/m0/s1. The first-order valence-corrected chi connectivity index (χ1v) is 49.5. The molecule has 0 aromatic heterocycles. The second kappa shape index (κ2) is 15.8. The van der Waals surface area contributed by atoms with Crippen LogP contribution in [0.3, 0.4) is 0 Å². The van der Waals surface area contributed by atoms with E-state index in [1.54, 1.807) is 22.0 Å². The van der Waals surface area contributed by atoms with Crippen molar-refractivity contribution >= 4 is 77.6 Å². The van der Waals surface area contributed by atoms with Crippen LogP contribution in [0, 0.1) is 34.5 Å². The highest BCUT2D eigenvalue weighted by atomic mass is 31.7. The van der Waals surface area contributed by atoms with Crippen molar-refractivity contribution in [1.82, 2.24) is 0 Å². The summed E-state index contributed by atoms with van der Waals surface area (Å²) < 4.78 is 0.265. The molecule has 6 rings (SSSR count). The van der Waals surface area contributed by atoms with Crippen molar-refractivity contribution in [2.75, 3.05) is 0 Å². The van der Waals surface area contributed by atoms with E-state index in [4.69, 9.17) is 0 Å². The number of rotatable bonds is 12. The van der Waals surface area contributed by atoms with Gasteiger partial charge in [0.05, 0.1) is 29.1 Å². The zero-order chi connectivity index (χ0) is 44.9. The number of benzene rings is 3. The van der Waals surface area contributed by atoms with Crippen molar-refractivity contribution in [3.05, 3.63) is 99.6 Å². The van der Waals surface area contributed by atoms with Crippen LogP contribution < -0.4 is 5.30 Å². The van der Waals surface area contributed by atoms with Gasteiger partial charge in [0.25, 0.3) is 0 Å². The fourth-order valence-corrected chi connectivity index (χ4v) is 75.2. The Kier molecular flexibility index (Phi) is 13.0. The fourth-order valence-electron chi connectivity index (χ4n) is 14.9. The quantitative estimate of drug-likeness (QED) is 0.134. The number of nitriles is 2. The van der Waals surface area contributed by atoms with Crippen molar-refractivity contribution < 1.29 is 0 Å². The molecule has 0 saturated heterocycles. The van der Waals surface area contributed by atoms with Gasteiger partial charge in [-0.15, -0.1) is 0 Å². The summed E-state index contributed by atoms with van der Waals surface area (Å²) in [5.74, 6) is -0.871. The van der Waals surface area contributed by atoms with E-state index in [1.807, 2.05) is 0 Å². The lowest BCUT2D eigenvalue weighted by Crippen LogP contribution is -2.74. The van der Waals surface area contributed by atoms with Crippen molar-refractivity contribution in [3.8, 4) is 12.1 Å². The first kappa shape index (κ1) is 48.8. The van der Waals surface area contributed by atoms with Gasteiger partial charge in [0.15, 0.2) is 0 Å². The number of hydrogen-bond donors (Lipinski definition) is 0. The molecular formula is C48H78N2P2Si7. The average molecular weight is 942 g/mol. The van der Waals surface area contributed by atoms with E-state index in [9.17, 15) is 10.5 Å². The van der Waals surface area contributed by atoms with Crippen molar-refractivity contribution in [2.45, 2.75) is 163 Å². The van der Waals surface area contributed by atoms with Crippen LogP contribution in [0.25, 0.3) is 0 Å². The molecule has 0 fully saturated rings. The highest BCUT2D eigenvalue weighted by Crippen LogP contribution is 2.67. The lowest BCUT2D eigenvalue weighted by atomic mass is 9.54. The lowest BCUT2D eigenvalue weighted by Gasteiger charge is -2.60. The molecule has 0 amide bonds. The Hall–Kier alpha value is -1.24. The van der Waals surface area contributed by atoms with Crippen molar-refractivity contribution in [1.29, 1.82) is 10.5 Å². The minimum Gasteiger partial charge on any atom is -0.198 e. The van der Waals surface area contributed by atoms with Gasteiger partial charge in [-0.25, -0.2) is 0 Å². The van der Waals surface area contributed by atoms with Gasteiger partial charge in [-0.1, -0.05) is 206 Å². The molecule has 0 heterocycles. The predicted molar refractivity (Wildman–Crippen MR) is 284 cm³/mol. The number of fused-ring (bicyclic) bond motifs is 1. The van der Waals surface area contributed by atoms with E-state index >= 15 is 0 Å². The molecule has 318 valence electrons. The maximum Gasteiger partial charge on any atom is 0.0848 e. The number of nitrogens with zero attached hydrogens (tertiary/aromatic N) is 2. The molecule has 2 atom stereocenters. The Balaban J connectivity index is 2.12. The van der Waals surface area contributed by atoms with Gasteiger partial charge in [0.1, 0.15) is 0 Å². The van der Waals surface area contributed by atoms with Crippen LogP contribution >= 0.6 is 15.7 Å². The molecule has 0 radical (unpaired) electrons. The van der Waals surface area contributed by atoms with E-state index < -0.39 is 67.6 Å². The van der Waals surface area contributed by atoms with Crippen LogP contribution in [0.2, 0.25) is 137 Å². The molecule has 3 aromatic rings. The van der Waals surface area contributed by atoms with Crippen LogP contribution in [0.1, 0.15) is 55.2 Å². The monoisotopic (exact) mass is 940 g/mol. The Morgan fingerprint density at radius 3 is 1.20 bits per heavy atom. The Bertz CT molecular complexity index is 2040. The van der Waals surface area contributed by atoms with Gasteiger partial charge in [-0.05, 0) is 61.4 Å². The minimum absolute atomic E-state index is 0.0691. The molecule has 0 N–H and O–H groups in total. The molecule has 3 aliphatic rings. The Labute approximate surface area is 372 Å². The molecule has 11 heteroatoms. The smallest absolute Gasteiger partial charge is 0.0848 e. The molecule has 0 spiro atoms. The fraction of sp³-hybridized carbons (Fsp3) is 0.583. The number of hydrogen-bond acceptors (Lipinski definition) is 2. The molecule has 3 aliphatic carbocycles. The third-order valence-corrected chi connectivity index (χ3v) is 57.7. The summed E-state index contributed by atoms with van der Waals surface area (Å²) in [5.41, 5.74) is 10.2. The SMILES string of the molecule is C[Si](C)(C)C(c1cc(C([Si](C)(C)C)([Si](C)(C)C)[Si](C)(C)C)cc(C([Si](C)(C)C)[Si](C)(C)C)c1P=PC12c3ccccc3C(c3ccccc31)[C@@H](C#N)[C@@H]2C#N)[Si](C)(C)C. The normalized spacial score (nSPS) is 21.7. The zero-order valence-corrected chi connectivity index (χ0v) is 49.7. The summed E-state index contributed by atoms with van der Waals surface area (Å²) in [6, 6.07) is 29.2. The third kappa shape index (κ3) is 8.01. The van der Waals surface area contributed by atoms with Crippen LogP contribution in [-0.4, -0.2) is 56.5 Å². The molecule has 2 nitrogen and oxygen atoms in total. The van der Waals surface area contributed by atoms with Gasteiger partial charge in [-0.2, -0.15) is 10.5 Å². The summed E-state index contributed by atoms with van der Waals surface area (Å²) in [6.07, 6.45) is 0. The van der Waals surface area contributed by atoms with E-state index in [0.29, 0.717) is 10.3 Å². The van der Waals surface area contributed by atoms with E-state index in [0.717, 1.165) is 0 Å². The molecular weight excluding hydrogens is 863 g/mol. The van der Waals surface area contributed by atoms with E-state index in [1.165, 1.54) is 38.0 Å². The second-order valence-corrected chi connectivity index (χ2v) is 68.1. The molecule has 59 heavy (non-hydrogen) atoms. The summed E-state index contributed by atoms with van der Waals surface area (Å²) in [5, 5.41) is 24.5. The van der Waals surface area contributed by atoms with Gasteiger partial charge >= 0.3 is 0 Å². The largest absolute Gasteiger partial charge is 0.198 e. The van der Waals surface area contributed by atoms with Gasteiger partial charge in [0.2, 0.25) is 0 Å². The van der Waals surface area contributed by atoms with E-state index in [2.05, 4.69) is 210 Å². The molecule has 0 unspecified atom stereocenters. The zero-order valence-electron chi connectivity index (χ0n) is 40.9. The third-order valence-electron chi connectivity index (χ3n) is 14.2. The highest BCUT2D eigenvalue weighted by Gasteiger charge is 2.62. The van der Waals surface area contributed by atoms with Crippen LogP contribution in [0.4, 0.5) is 0 Å². The average Bonchev–Trinajstić information content (AvgIpc) is 3.03. The minimum atomic E-state index is -1.83. The Morgan fingerprint density at radius 1 is 0.542 bits per heavy atom. The molecule has 0 aliphatic heterocycles. The Morgan fingerprint density at radius 2 is 0.898 bits per heavy atom. The highest BCUT2D eigenvalue weighted by molar-refractivity contribution is 7.88. The second-order valence-electron chi connectivity index (χ2n) is 25.7. The van der Waals surface area contributed by atoms with Crippen LogP contribution in [0.5, 0.6) is 0 Å². The maximum absolute atomic E-state index is 11.3. The topological polar surface area (TPSA) is 47.6 Å². The first-order chi connectivity index (χ1) is 26.7. The lowest BCUT2D eigenvalue weighted by molar-refractivity contribution is 0.324. The van der Waals surface area contributed by atoms with Crippen LogP contribution in [0.15, 0.2) is 60.7 Å². The first-order valence-electron chi connectivity index (χ1n) is 22.2. The molecule has 0 saturated carbocycles. The van der Waals surface area contributed by atoms with Gasteiger partial charge in [0, 0.05) is 67.7 Å². The van der Waals surface area contributed by atoms with Crippen molar-refractivity contribution in [3.63, 3.8) is 0 Å². The maximum atomic E-state index is 11.3. The van der Waals surface area contributed by atoms with Gasteiger partial charge < -0.3 is 0 Å². The predicted octanol–water partition coefficient (Wildman–Crippen LogP) is 15.3. The summed E-state index contributed by atoms with van der Waals surface area (Å²) >= 11 is 0. The summed E-state index contributed by atoms with van der Waals surface area (Å²) in [4.78, 5) is 0. The summed E-state index contributed by atoms with van der Waals surface area (Å²) in [7, 11) is -10.1. The van der Waals surface area contributed by atoms with Crippen LogP contribution in [-0.2, 0) is 9.44 Å².